The molecule has 0 bridgehead atoms. The lowest BCUT2D eigenvalue weighted by atomic mass is 10.0. The first-order chi connectivity index (χ1) is 14.0. The molecule has 3 aromatic carbocycles. The third-order valence-electron chi connectivity index (χ3n) is 4.90. The molecule has 4 rings (SSSR count). The van der Waals surface area contributed by atoms with Crippen molar-refractivity contribution in [1.82, 2.24) is 9.71 Å². The number of hydrogen-bond donors (Lipinski definition) is 1. The van der Waals surface area contributed by atoms with Crippen molar-refractivity contribution in [3.05, 3.63) is 108 Å². The minimum atomic E-state index is -3.66. The highest BCUT2D eigenvalue weighted by Crippen LogP contribution is 2.22. The summed E-state index contributed by atoms with van der Waals surface area (Å²) in [7, 11) is -3.66. The van der Waals surface area contributed by atoms with E-state index in [1.165, 1.54) is 0 Å². The number of pyridine rings is 1. The Morgan fingerprint density at radius 2 is 1.52 bits per heavy atom. The van der Waals surface area contributed by atoms with Crippen molar-refractivity contribution in [2.45, 2.75) is 24.3 Å². The predicted molar refractivity (Wildman–Crippen MR) is 116 cm³/mol. The fourth-order valence-electron chi connectivity index (χ4n) is 3.32. The van der Waals surface area contributed by atoms with E-state index in [4.69, 9.17) is 4.98 Å². The number of nitrogens with one attached hydrogen (secondary N) is 1. The third-order valence-corrected chi connectivity index (χ3v) is 6.39. The minimum absolute atomic E-state index is 0.260. The highest BCUT2D eigenvalue weighted by Gasteiger charge is 2.22. The Balaban J connectivity index is 1.67. The lowest BCUT2D eigenvalue weighted by Crippen LogP contribution is -2.30. The smallest absolute Gasteiger partial charge is 0.241 e. The van der Waals surface area contributed by atoms with E-state index in [1.807, 2.05) is 73.7 Å². The molecule has 1 atom stereocenters. The van der Waals surface area contributed by atoms with Crippen LogP contribution in [0.1, 0.15) is 22.9 Å². The van der Waals surface area contributed by atoms with E-state index in [2.05, 4.69) is 4.72 Å². The van der Waals surface area contributed by atoms with Crippen LogP contribution in [0.2, 0.25) is 0 Å². The van der Waals surface area contributed by atoms with Gasteiger partial charge in [0.1, 0.15) is 0 Å². The van der Waals surface area contributed by atoms with Gasteiger partial charge in [-0.05, 0) is 36.8 Å². The van der Waals surface area contributed by atoms with Crippen molar-refractivity contribution < 1.29 is 8.42 Å². The summed E-state index contributed by atoms with van der Waals surface area (Å²) in [6, 6.07) is 28.0. The first kappa shape index (κ1) is 19.3. The molecule has 146 valence electrons. The number of sulfonamides is 1. The van der Waals surface area contributed by atoms with E-state index in [9.17, 15) is 8.42 Å². The molecule has 0 radical (unpaired) electrons. The number of fused-ring (bicyclic) bond motifs is 1. The zero-order valence-corrected chi connectivity index (χ0v) is 16.9. The number of benzene rings is 3. The van der Waals surface area contributed by atoms with Crippen molar-refractivity contribution in [2.75, 3.05) is 0 Å². The van der Waals surface area contributed by atoms with Crippen LogP contribution in [0.4, 0.5) is 0 Å². The van der Waals surface area contributed by atoms with Crippen molar-refractivity contribution >= 4 is 20.9 Å². The van der Waals surface area contributed by atoms with Gasteiger partial charge in [0.2, 0.25) is 10.0 Å². The van der Waals surface area contributed by atoms with Crippen molar-refractivity contribution in [3.63, 3.8) is 0 Å². The average Bonchev–Trinajstić information content (AvgIpc) is 2.74. The number of hydrogen-bond acceptors (Lipinski definition) is 3. The van der Waals surface area contributed by atoms with E-state index >= 15 is 0 Å². The molecule has 1 heterocycles. The maximum Gasteiger partial charge on any atom is 0.241 e. The second-order valence-corrected chi connectivity index (χ2v) is 8.81. The molecule has 0 aliphatic rings. The zero-order chi connectivity index (χ0) is 20.3. The molecule has 1 aromatic heterocycles. The van der Waals surface area contributed by atoms with Gasteiger partial charge in [0, 0.05) is 17.5 Å². The largest absolute Gasteiger partial charge is 0.253 e. The molecule has 0 saturated heterocycles. The van der Waals surface area contributed by atoms with Crippen LogP contribution in [0.25, 0.3) is 10.9 Å². The normalized spacial score (nSPS) is 12.7. The molecule has 0 unspecified atom stereocenters. The molecule has 0 aliphatic carbocycles. The van der Waals surface area contributed by atoms with Gasteiger partial charge < -0.3 is 0 Å². The lowest BCUT2D eigenvalue weighted by Gasteiger charge is -2.19. The van der Waals surface area contributed by atoms with Crippen LogP contribution in [0, 0.1) is 6.92 Å². The van der Waals surface area contributed by atoms with Crippen LogP contribution in [0.15, 0.2) is 95.9 Å². The minimum Gasteiger partial charge on any atom is -0.253 e. The molecule has 0 saturated carbocycles. The first-order valence-corrected chi connectivity index (χ1v) is 11.0. The van der Waals surface area contributed by atoms with Gasteiger partial charge >= 0.3 is 0 Å². The van der Waals surface area contributed by atoms with E-state index < -0.39 is 16.1 Å². The number of para-hydroxylation sites is 1. The van der Waals surface area contributed by atoms with Gasteiger partial charge in [0.05, 0.1) is 16.5 Å². The lowest BCUT2D eigenvalue weighted by molar-refractivity contribution is 0.553. The van der Waals surface area contributed by atoms with Gasteiger partial charge in [0.25, 0.3) is 0 Å². The van der Waals surface area contributed by atoms with E-state index in [0.29, 0.717) is 6.42 Å². The summed E-state index contributed by atoms with van der Waals surface area (Å²) in [6.45, 7) is 1.93. The summed E-state index contributed by atoms with van der Waals surface area (Å²) in [5, 5.41) is 1.06. The summed E-state index contributed by atoms with van der Waals surface area (Å²) in [5.74, 6) is 0. The summed E-state index contributed by atoms with van der Waals surface area (Å²) < 4.78 is 28.9. The molecule has 0 aliphatic heterocycles. The third kappa shape index (κ3) is 4.53. The monoisotopic (exact) mass is 402 g/mol. The topological polar surface area (TPSA) is 59.1 Å². The van der Waals surface area contributed by atoms with Crippen molar-refractivity contribution in [2.24, 2.45) is 0 Å². The summed E-state index contributed by atoms with van der Waals surface area (Å²) in [4.78, 5) is 4.98. The molecule has 4 aromatic rings. The molecule has 5 heteroatoms. The first-order valence-electron chi connectivity index (χ1n) is 9.50. The fraction of sp³-hybridized carbons (Fsp3) is 0.125. The summed E-state index contributed by atoms with van der Waals surface area (Å²) in [5.41, 5.74) is 3.66. The van der Waals surface area contributed by atoms with Gasteiger partial charge in [-0.2, -0.15) is 0 Å². The number of aromatic nitrogens is 1. The maximum atomic E-state index is 13.0. The Hall–Kier alpha value is -3.02. The average molecular weight is 403 g/mol. The van der Waals surface area contributed by atoms with Crippen LogP contribution in [0.5, 0.6) is 0 Å². The van der Waals surface area contributed by atoms with E-state index in [-0.39, 0.29) is 4.90 Å². The predicted octanol–water partition coefficient (Wildman–Crippen LogP) is 4.81. The Bertz CT molecular complexity index is 1220. The van der Waals surface area contributed by atoms with Crippen LogP contribution in [0.3, 0.4) is 0 Å². The molecular weight excluding hydrogens is 380 g/mol. The summed E-state index contributed by atoms with van der Waals surface area (Å²) in [6.07, 6.45) is 0.458. The van der Waals surface area contributed by atoms with Crippen LogP contribution in [-0.4, -0.2) is 13.4 Å². The Kier molecular flexibility index (Phi) is 5.43. The molecule has 0 spiro atoms. The molecule has 1 N–H and O–H groups in total. The van der Waals surface area contributed by atoms with Gasteiger partial charge in [-0.25, -0.2) is 13.1 Å². The standard InChI is InChI=1S/C24H22N2O2S/c1-18-11-15-22(16-12-18)29(27,28)26-24(19-7-3-2-4-8-19)17-21-14-13-20-9-5-6-10-23(20)25-21/h2-16,24,26H,17H2,1H3/t24-/m0/s1. The molecule has 29 heavy (non-hydrogen) atoms. The van der Waals surface area contributed by atoms with E-state index in [0.717, 1.165) is 27.7 Å². The SMILES string of the molecule is Cc1ccc(S(=O)(=O)N[C@@H](Cc2ccc3ccccc3n2)c2ccccc2)cc1. The number of rotatable bonds is 6. The van der Waals surface area contributed by atoms with Gasteiger partial charge in [-0.3, -0.25) is 4.98 Å². The van der Waals surface area contributed by atoms with Crippen LogP contribution in [-0.2, 0) is 16.4 Å². The highest BCUT2D eigenvalue weighted by atomic mass is 32.2. The van der Waals surface area contributed by atoms with Gasteiger partial charge in [-0.1, -0.05) is 72.3 Å². The second-order valence-electron chi connectivity index (χ2n) is 7.10. The highest BCUT2D eigenvalue weighted by molar-refractivity contribution is 7.89. The van der Waals surface area contributed by atoms with Gasteiger partial charge in [-0.15, -0.1) is 0 Å². The quantitative estimate of drug-likeness (QED) is 0.504. The molecular formula is C24H22N2O2S. The summed E-state index contributed by atoms with van der Waals surface area (Å²) >= 11 is 0. The van der Waals surface area contributed by atoms with Crippen LogP contribution >= 0.6 is 0 Å². The fourth-order valence-corrected chi connectivity index (χ4v) is 4.54. The Labute approximate surface area is 171 Å². The zero-order valence-electron chi connectivity index (χ0n) is 16.1. The Morgan fingerprint density at radius 3 is 2.28 bits per heavy atom. The van der Waals surface area contributed by atoms with Crippen molar-refractivity contribution in [1.29, 1.82) is 0 Å². The second kappa shape index (κ2) is 8.15. The molecule has 0 fully saturated rings. The number of aryl methyl sites for hydroxylation is 1. The molecule has 0 amide bonds. The van der Waals surface area contributed by atoms with Crippen LogP contribution < -0.4 is 4.72 Å². The van der Waals surface area contributed by atoms with Crippen molar-refractivity contribution in [3.8, 4) is 0 Å². The Morgan fingerprint density at radius 1 is 0.828 bits per heavy atom. The van der Waals surface area contributed by atoms with Gasteiger partial charge in [0.15, 0.2) is 0 Å². The molecule has 4 nitrogen and oxygen atoms in total. The maximum absolute atomic E-state index is 13.0. The number of nitrogens with zero attached hydrogens (tertiary/aromatic N) is 1. The van der Waals surface area contributed by atoms with E-state index in [1.54, 1.807) is 24.3 Å².